The highest BCUT2D eigenvalue weighted by molar-refractivity contribution is 6.34. The van der Waals surface area contributed by atoms with E-state index in [0.717, 1.165) is 18.2 Å². The number of nitro benzene ring substituents is 1. The quantitative estimate of drug-likeness (QED) is 0.278. The molecule has 0 N–H and O–H groups in total. The van der Waals surface area contributed by atoms with E-state index in [1.165, 1.54) is 0 Å². The Hall–Kier alpha value is -2.94. The highest BCUT2D eigenvalue weighted by Crippen LogP contribution is 2.28. The van der Waals surface area contributed by atoms with Gasteiger partial charge < -0.3 is 4.74 Å². The molecule has 2 aromatic rings. The normalized spacial score (nSPS) is 10.9. The standard InChI is InChI=1S/C19H15ClF3NO5/c1-9(2)29-17(26)5-10-3-4-14(21)12(19(10)23)8-16(25)13-6-11(24(27)28)7-15(22)18(13)20/h3-4,6-7,9H,5,8H2,1-2H3. The zero-order valence-electron chi connectivity index (χ0n) is 15.3. The number of esters is 1. The molecule has 10 heteroatoms. The van der Waals surface area contributed by atoms with Crippen molar-refractivity contribution in [2.45, 2.75) is 32.8 Å². The summed E-state index contributed by atoms with van der Waals surface area (Å²) >= 11 is 5.69. The van der Waals surface area contributed by atoms with Gasteiger partial charge in [-0.25, -0.2) is 13.2 Å². The fourth-order valence-corrected chi connectivity index (χ4v) is 2.76. The molecule has 0 aliphatic heterocycles. The second kappa shape index (κ2) is 9.04. The number of Topliss-reactive ketones (excluding diaryl/α,β-unsaturated/α-hetero) is 1. The van der Waals surface area contributed by atoms with Gasteiger partial charge in [0.1, 0.15) is 17.5 Å². The van der Waals surface area contributed by atoms with Gasteiger partial charge in [0.25, 0.3) is 5.69 Å². The number of ketones is 1. The molecule has 0 aliphatic rings. The first-order valence-corrected chi connectivity index (χ1v) is 8.71. The minimum Gasteiger partial charge on any atom is -0.463 e. The topological polar surface area (TPSA) is 86.5 Å². The monoisotopic (exact) mass is 429 g/mol. The number of benzene rings is 2. The van der Waals surface area contributed by atoms with Gasteiger partial charge in [-0.2, -0.15) is 0 Å². The molecule has 0 atom stereocenters. The number of ether oxygens (including phenoxy) is 1. The molecule has 0 spiro atoms. The summed E-state index contributed by atoms with van der Waals surface area (Å²) in [5, 5.41) is 10.2. The lowest BCUT2D eigenvalue weighted by molar-refractivity contribution is -0.385. The number of carbonyl (C=O) groups is 2. The van der Waals surface area contributed by atoms with Gasteiger partial charge in [-0.3, -0.25) is 19.7 Å². The predicted octanol–water partition coefficient (Wildman–Crippen LogP) is 4.59. The van der Waals surface area contributed by atoms with E-state index < -0.39 is 74.9 Å². The first-order valence-electron chi connectivity index (χ1n) is 8.33. The van der Waals surface area contributed by atoms with Crippen molar-refractivity contribution in [1.29, 1.82) is 0 Å². The van der Waals surface area contributed by atoms with E-state index in [4.69, 9.17) is 16.3 Å². The number of non-ortho nitro benzene ring substituents is 1. The smallest absolute Gasteiger partial charge is 0.310 e. The summed E-state index contributed by atoms with van der Waals surface area (Å²) in [5.74, 6) is -5.20. The van der Waals surface area contributed by atoms with Crippen LogP contribution in [0.5, 0.6) is 0 Å². The van der Waals surface area contributed by atoms with Gasteiger partial charge in [-0.15, -0.1) is 0 Å². The molecule has 0 heterocycles. The van der Waals surface area contributed by atoms with Gasteiger partial charge in [-0.05, 0) is 25.5 Å². The van der Waals surface area contributed by atoms with Crippen molar-refractivity contribution in [2.75, 3.05) is 0 Å². The van der Waals surface area contributed by atoms with E-state index in [2.05, 4.69) is 0 Å². The highest BCUT2D eigenvalue weighted by atomic mass is 35.5. The van der Waals surface area contributed by atoms with E-state index >= 15 is 0 Å². The molecule has 2 aromatic carbocycles. The van der Waals surface area contributed by atoms with Crippen LogP contribution in [-0.2, 0) is 22.4 Å². The van der Waals surface area contributed by atoms with Gasteiger partial charge >= 0.3 is 5.97 Å². The minimum absolute atomic E-state index is 0.198. The van der Waals surface area contributed by atoms with Crippen LogP contribution in [0.3, 0.4) is 0 Å². The zero-order chi connectivity index (χ0) is 21.9. The molecule has 0 unspecified atom stereocenters. The van der Waals surface area contributed by atoms with Gasteiger partial charge in [0.05, 0.1) is 28.5 Å². The summed E-state index contributed by atoms with van der Waals surface area (Å²) in [6.45, 7) is 3.20. The molecule has 0 saturated heterocycles. The average Bonchev–Trinajstić information content (AvgIpc) is 2.62. The number of hydrogen-bond donors (Lipinski definition) is 0. The van der Waals surface area contributed by atoms with E-state index in [-0.39, 0.29) is 5.56 Å². The van der Waals surface area contributed by atoms with Crippen LogP contribution in [0, 0.1) is 27.6 Å². The SMILES string of the molecule is CC(C)OC(=O)Cc1ccc(F)c(CC(=O)c2cc([N+](=O)[O-])cc(F)c2Cl)c1F. The van der Waals surface area contributed by atoms with E-state index in [1.807, 2.05) is 0 Å². The van der Waals surface area contributed by atoms with Crippen LogP contribution < -0.4 is 0 Å². The summed E-state index contributed by atoms with van der Waals surface area (Å²) in [7, 11) is 0. The largest absolute Gasteiger partial charge is 0.463 e. The minimum atomic E-state index is -1.21. The molecule has 0 fully saturated rings. The molecule has 0 amide bonds. The Bertz CT molecular complexity index is 994. The number of nitro groups is 1. The Morgan fingerprint density at radius 1 is 1.14 bits per heavy atom. The Kier molecular flexibility index (Phi) is 6.97. The summed E-state index contributed by atoms with van der Waals surface area (Å²) in [4.78, 5) is 34.1. The number of carbonyl (C=O) groups excluding carboxylic acids is 2. The maximum Gasteiger partial charge on any atom is 0.310 e. The number of rotatable bonds is 7. The average molecular weight is 430 g/mol. The van der Waals surface area contributed by atoms with E-state index in [9.17, 15) is 32.9 Å². The molecule has 0 saturated carbocycles. The van der Waals surface area contributed by atoms with Crippen LogP contribution in [0.4, 0.5) is 18.9 Å². The molecular formula is C19H15ClF3NO5. The molecule has 0 radical (unpaired) electrons. The van der Waals surface area contributed by atoms with Gasteiger partial charge in [0.15, 0.2) is 5.78 Å². The van der Waals surface area contributed by atoms with E-state index in [1.54, 1.807) is 13.8 Å². The lowest BCUT2D eigenvalue weighted by Gasteiger charge is -2.11. The van der Waals surface area contributed by atoms with Crippen LogP contribution in [-0.4, -0.2) is 22.8 Å². The molecule has 0 bridgehead atoms. The van der Waals surface area contributed by atoms with Gasteiger partial charge in [0, 0.05) is 23.6 Å². The van der Waals surface area contributed by atoms with Crippen molar-refractivity contribution < 1.29 is 32.4 Å². The van der Waals surface area contributed by atoms with Crippen molar-refractivity contribution in [2.24, 2.45) is 0 Å². The van der Waals surface area contributed by atoms with Crippen molar-refractivity contribution in [3.8, 4) is 0 Å². The molecular weight excluding hydrogens is 415 g/mol. The third-order valence-corrected chi connectivity index (χ3v) is 4.21. The Labute approximate surface area is 168 Å². The van der Waals surface area contributed by atoms with Crippen molar-refractivity contribution in [3.05, 3.63) is 73.5 Å². The molecule has 2 rings (SSSR count). The second-order valence-corrected chi connectivity index (χ2v) is 6.74. The third-order valence-electron chi connectivity index (χ3n) is 3.83. The number of nitrogens with zero attached hydrogens (tertiary/aromatic N) is 1. The molecule has 29 heavy (non-hydrogen) atoms. The molecule has 6 nitrogen and oxygen atoms in total. The van der Waals surface area contributed by atoms with Crippen molar-refractivity contribution in [1.82, 2.24) is 0 Å². The Morgan fingerprint density at radius 3 is 2.38 bits per heavy atom. The second-order valence-electron chi connectivity index (χ2n) is 6.36. The Morgan fingerprint density at radius 2 is 1.79 bits per heavy atom. The highest BCUT2D eigenvalue weighted by Gasteiger charge is 2.24. The van der Waals surface area contributed by atoms with Crippen LogP contribution >= 0.6 is 11.6 Å². The van der Waals surface area contributed by atoms with Gasteiger partial charge in [0.2, 0.25) is 0 Å². The zero-order valence-corrected chi connectivity index (χ0v) is 16.1. The predicted molar refractivity (Wildman–Crippen MR) is 97.4 cm³/mol. The van der Waals surface area contributed by atoms with Crippen LogP contribution in [0.2, 0.25) is 5.02 Å². The first-order chi connectivity index (χ1) is 13.5. The summed E-state index contributed by atoms with van der Waals surface area (Å²) in [6.07, 6.45) is -1.80. The molecule has 0 aromatic heterocycles. The summed E-state index contributed by atoms with van der Waals surface area (Å²) in [6, 6.07) is 3.17. The Balaban J connectivity index is 2.37. The molecule has 154 valence electrons. The maximum atomic E-state index is 14.7. The molecule has 0 aliphatic carbocycles. The van der Waals surface area contributed by atoms with Crippen molar-refractivity contribution in [3.63, 3.8) is 0 Å². The van der Waals surface area contributed by atoms with Crippen LogP contribution in [0.15, 0.2) is 24.3 Å². The third kappa shape index (κ3) is 5.32. The number of halogens is 4. The van der Waals surface area contributed by atoms with Crippen LogP contribution in [0.25, 0.3) is 0 Å². The summed E-state index contributed by atoms with van der Waals surface area (Å²) < 4.78 is 47.5. The van der Waals surface area contributed by atoms with Crippen molar-refractivity contribution >= 4 is 29.0 Å². The van der Waals surface area contributed by atoms with E-state index in [0.29, 0.717) is 6.07 Å². The van der Waals surface area contributed by atoms with Crippen LogP contribution in [0.1, 0.15) is 35.3 Å². The maximum absolute atomic E-state index is 14.7. The lowest BCUT2D eigenvalue weighted by atomic mass is 9.98. The lowest BCUT2D eigenvalue weighted by Crippen LogP contribution is -2.16. The number of hydrogen-bond acceptors (Lipinski definition) is 5. The first kappa shape index (κ1) is 22.4. The summed E-state index contributed by atoms with van der Waals surface area (Å²) in [5.41, 5.74) is -2.19. The fourth-order valence-electron chi connectivity index (χ4n) is 2.54. The van der Waals surface area contributed by atoms with Gasteiger partial charge in [-0.1, -0.05) is 17.7 Å². The fraction of sp³-hybridized carbons (Fsp3) is 0.263.